The van der Waals surface area contributed by atoms with Crippen LogP contribution in [0.4, 0.5) is 4.39 Å². The van der Waals surface area contributed by atoms with Crippen LogP contribution in [0, 0.1) is 18.7 Å². The quantitative estimate of drug-likeness (QED) is 0.448. The highest BCUT2D eigenvalue weighted by atomic mass is 19.1. The zero-order valence-corrected chi connectivity index (χ0v) is 9.41. The van der Waals surface area contributed by atoms with Crippen molar-refractivity contribution in [2.45, 2.75) is 13.8 Å². The molecule has 0 heterocycles. The van der Waals surface area contributed by atoms with Crippen LogP contribution in [-0.4, -0.2) is 18.9 Å². The van der Waals surface area contributed by atoms with E-state index in [4.69, 9.17) is 0 Å². The van der Waals surface area contributed by atoms with Crippen molar-refractivity contribution in [1.82, 2.24) is 0 Å². The van der Waals surface area contributed by atoms with Gasteiger partial charge in [-0.2, -0.15) is 0 Å². The number of rotatable bonds is 3. The van der Waals surface area contributed by atoms with Gasteiger partial charge in [-0.05, 0) is 26.0 Å². The predicted molar refractivity (Wildman–Crippen MR) is 56.6 cm³/mol. The van der Waals surface area contributed by atoms with Gasteiger partial charge in [-0.15, -0.1) is 0 Å². The van der Waals surface area contributed by atoms with Crippen molar-refractivity contribution < 1.29 is 18.7 Å². The van der Waals surface area contributed by atoms with Crippen LogP contribution in [0.15, 0.2) is 18.2 Å². The van der Waals surface area contributed by atoms with Crippen molar-refractivity contribution in [1.29, 1.82) is 0 Å². The lowest BCUT2D eigenvalue weighted by molar-refractivity contribution is -0.143. The second-order valence-electron chi connectivity index (χ2n) is 3.59. The number of aryl methyl sites for hydroxylation is 1. The van der Waals surface area contributed by atoms with Crippen LogP contribution < -0.4 is 0 Å². The summed E-state index contributed by atoms with van der Waals surface area (Å²) >= 11 is 0. The van der Waals surface area contributed by atoms with Gasteiger partial charge in [-0.1, -0.05) is 11.6 Å². The van der Waals surface area contributed by atoms with Gasteiger partial charge in [0.25, 0.3) is 0 Å². The molecule has 1 atom stereocenters. The first-order chi connectivity index (χ1) is 7.47. The van der Waals surface area contributed by atoms with Crippen LogP contribution in [0.5, 0.6) is 0 Å². The zero-order chi connectivity index (χ0) is 12.3. The molecule has 0 aromatic heterocycles. The minimum Gasteiger partial charge on any atom is -0.468 e. The summed E-state index contributed by atoms with van der Waals surface area (Å²) in [5, 5.41) is 0. The Hall–Kier alpha value is -1.71. The highest BCUT2D eigenvalue weighted by Crippen LogP contribution is 2.15. The number of benzene rings is 1. The van der Waals surface area contributed by atoms with Gasteiger partial charge in [0.1, 0.15) is 11.7 Å². The van der Waals surface area contributed by atoms with Gasteiger partial charge >= 0.3 is 5.97 Å². The Bertz CT molecular complexity index is 426. The third kappa shape index (κ3) is 2.45. The second kappa shape index (κ2) is 4.88. The van der Waals surface area contributed by atoms with E-state index in [-0.39, 0.29) is 5.56 Å². The molecule has 0 radical (unpaired) electrons. The van der Waals surface area contributed by atoms with E-state index < -0.39 is 23.5 Å². The van der Waals surface area contributed by atoms with Crippen molar-refractivity contribution in [3.8, 4) is 0 Å². The van der Waals surface area contributed by atoms with Crippen LogP contribution in [0.1, 0.15) is 22.8 Å². The van der Waals surface area contributed by atoms with Gasteiger partial charge in [0.2, 0.25) is 0 Å². The van der Waals surface area contributed by atoms with Crippen molar-refractivity contribution in [3.05, 3.63) is 35.1 Å². The third-order valence-corrected chi connectivity index (χ3v) is 2.34. The molecule has 86 valence electrons. The minimum atomic E-state index is -0.985. The van der Waals surface area contributed by atoms with Gasteiger partial charge in [-0.3, -0.25) is 9.59 Å². The fourth-order valence-corrected chi connectivity index (χ4v) is 1.35. The summed E-state index contributed by atoms with van der Waals surface area (Å²) in [6.45, 7) is 3.15. The fourth-order valence-electron chi connectivity index (χ4n) is 1.35. The predicted octanol–water partition coefficient (Wildman–Crippen LogP) is 2.13. The van der Waals surface area contributed by atoms with Crippen LogP contribution >= 0.6 is 0 Å². The maximum absolute atomic E-state index is 13.4. The Balaban J connectivity index is 3.05. The molecule has 0 aliphatic rings. The molecule has 16 heavy (non-hydrogen) atoms. The molecule has 1 rings (SSSR count). The lowest BCUT2D eigenvalue weighted by atomic mass is 9.98. The molecule has 1 unspecified atom stereocenters. The second-order valence-corrected chi connectivity index (χ2v) is 3.59. The van der Waals surface area contributed by atoms with Gasteiger partial charge in [0, 0.05) is 0 Å². The van der Waals surface area contributed by atoms with E-state index in [1.165, 1.54) is 26.2 Å². The lowest BCUT2D eigenvalue weighted by Crippen LogP contribution is -2.23. The van der Waals surface area contributed by atoms with E-state index in [9.17, 15) is 14.0 Å². The Labute approximate surface area is 93.2 Å². The van der Waals surface area contributed by atoms with Crippen molar-refractivity contribution in [2.24, 2.45) is 5.92 Å². The summed E-state index contributed by atoms with van der Waals surface area (Å²) in [5.74, 6) is -2.83. The van der Waals surface area contributed by atoms with Crippen LogP contribution in [0.3, 0.4) is 0 Å². The fraction of sp³-hybridized carbons (Fsp3) is 0.333. The molecule has 4 heteroatoms. The molecule has 0 bridgehead atoms. The number of esters is 1. The van der Waals surface area contributed by atoms with E-state index in [0.29, 0.717) is 0 Å². The molecule has 0 aliphatic heterocycles. The van der Waals surface area contributed by atoms with E-state index in [1.54, 1.807) is 13.0 Å². The first kappa shape index (κ1) is 12.4. The third-order valence-electron chi connectivity index (χ3n) is 2.34. The molecule has 3 nitrogen and oxygen atoms in total. The number of ketones is 1. The molecule has 0 aliphatic carbocycles. The molecular weight excluding hydrogens is 211 g/mol. The average molecular weight is 224 g/mol. The van der Waals surface area contributed by atoms with E-state index in [2.05, 4.69) is 4.74 Å². The summed E-state index contributed by atoms with van der Waals surface area (Å²) < 4.78 is 17.8. The smallest absolute Gasteiger partial charge is 0.316 e. The Morgan fingerprint density at radius 1 is 1.38 bits per heavy atom. The summed E-state index contributed by atoms with van der Waals surface area (Å²) in [6.07, 6.45) is 0. The van der Waals surface area contributed by atoms with Gasteiger partial charge in [0.05, 0.1) is 12.7 Å². The molecule has 0 N–H and O–H groups in total. The normalized spacial score (nSPS) is 12.0. The summed E-state index contributed by atoms with van der Waals surface area (Å²) in [6, 6.07) is 4.21. The maximum Gasteiger partial charge on any atom is 0.316 e. The van der Waals surface area contributed by atoms with Crippen molar-refractivity contribution in [2.75, 3.05) is 7.11 Å². The molecule has 0 amide bonds. The summed E-state index contributed by atoms with van der Waals surface area (Å²) in [4.78, 5) is 22.9. The van der Waals surface area contributed by atoms with Crippen LogP contribution in [0.2, 0.25) is 0 Å². The molecular formula is C12H13FO3. The Kier molecular flexibility index (Phi) is 3.77. The molecule has 1 aromatic carbocycles. The Morgan fingerprint density at radius 2 is 2.00 bits per heavy atom. The molecule has 0 spiro atoms. The molecule has 0 fully saturated rings. The average Bonchev–Trinajstić information content (AvgIpc) is 2.29. The first-order valence-electron chi connectivity index (χ1n) is 4.85. The zero-order valence-electron chi connectivity index (χ0n) is 9.41. The van der Waals surface area contributed by atoms with Gasteiger partial charge in [-0.25, -0.2) is 4.39 Å². The molecule has 1 aromatic rings. The van der Waals surface area contributed by atoms with Gasteiger partial charge < -0.3 is 4.74 Å². The maximum atomic E-state index is 13.4. The SMILES string of the molecule is COC(=O)C(C)C(=O)c1cc(C)ccc1F. The highest BCUT2D eigenvalue weighted by molar-refractivity contribution is 6.08. The van der Waals surface area contributed by atoms with E-state index in [1.807, 2.05) is 0 Å². The number of carbonyl (C=O) groups is 2. The number of halogens is 1. The monoisotopic (exact) mass is 224 g/mol. The van der Waals surface area contributed by atoms with Crippen LogP contribution in [0.25, 0.3) is 0 Å². The van der Waals surface area contributed by atoms with Crippen LogP contribution in [-0.2, 0) is 9.53 Å². The van der Waals surface area contributed by atoms with E-state index in [0.717, 1.165) is 5.56 Å². The number of ether oxygens (including phenoxy) is 1. The van der Waals surface area contributed by atoms with E-state index >= 15 is 0 Å². The summed E-state index contributed by atoms with van der Waals surface area (Å²) in [5.41, 5.74) is 0.694. The molecule has 0 saturated carbocycles. The lowest BCUT2D eigenvalue weighted by Gasteiger charge is -2.09. The Morgan fingerprint density at radius 3 is 2.56 bits per heavy atom. The number of carbonyl (C=O) groups excluding carboxylic acids is 2. The topological polar surface area (TPSA) is 43.4 Å². The van der Waals surface area contributed by atoms with Crippen molar-refractivity contribution in [3.63, 3.8) is 0 Å². The summed E-state index contributed by atoms with van der Waals surface area (Å²) in [7, 11) is 1.19. The largest absolute Gasteiger partial charge is 0.468 e. The first-order valence-corrected chi connectivity index (χ1v) is 4.85. The standard InChI is InChI=1S/C12H13FO3/c1-7-4-5-10(13)9(6-7)11(14)8(2)12(15)16-3/h4-6,8H,1-3H3. The van der Waals surface area contributed by atoms with Crippen molar-refractivity contribution >= 4 is 11.8 Å². The number of hydrogen-bond donors (Lipinski definition) is 0. The van der Waals surface area contributed by atoms with Gasteiger partial charge in [0.15, 0.2) is 5.78 Å². The number of methoxy groups -OCH3 is 1. The molecule has 0 saturated heterocycles. The minimum absolute atomic E-state index is 0.0714. The highest BCUT2D eigenvalue weighted by Gasteiger charge is 2.25. The number of Topliss-reactive ketones (excluding diaryl/α,β-unsaturated/α-hetero) is 1. The number of hydrogen-bond acceptors (Lipinski definition) is 3.